The molecule has 1 aromatic heterocycles. The van der Waals surface area contributed by atoms with Gasteiger partial charge in [-0.3, -0.25) is 9.69 Å². The van der Waals surface area contributed by atoms with Gasteiger partial charge in [0.15, 0.2) is 0 Å². The van der Waals surface area contributed by atoms with Gasteiger partial charge >= 0.3 is 5.97 Å². The van der Waals surface area contributed by atoms with E-state index in [2.05, 4.69) is 10.00 Å². The molecule has 4 rings (SSSR count). The molecule has 0 atom stereocenters. The van der Waals surface area contributed by atoms with E-state index in [0.717, 1.165) is 48.6 Å². The summed E-state index contributed by atoms with van der Waals surface area (Å²) in [7, 11) is 0. The molecule has 0 N–H and O–H groups in total. The molecule has 2 heterocycles. The standard InChI is InChI=1S/C30H38N4O5/c1-4-9-28(35)33(5-2)27-11-8-7-10-25(27)23-12-14-24(15-13-23)34-29(26(22-31-34)30(36)38-6-3)39-21-18-32-16-19-37-20-17-32/h7-8,10-15,22H,4-6,9,16-21H2,1-3H3. The molecular formula is C30H38N4O5. The summed E-state index contributed by atoms with van der Waals surface area (Å²) in [6, 6.07) is 15.8. The van der Waals surface area contributed by atoms with Gasteiger partial charge in [-0.1, -0.05) is 37.3 Å². The summed E-state index contributed by atoms with van der Waals surface area (Å²) in [5.74, 6) is 0.00947. The summed E-state index contributed by atoms with van der Waals surface area (Å²) in [5.41, 5.74) is 3.89. The predicted molar refractivity (Wildman–Crippen MR) is 151 cm³/mol. The second-order valence-electron chi connectivity index (χ2n) is 9.25. The Hall–Kier alpha value is -3.69. The van der Waals surface area contributed by atoms with Crippen molar-refractivity contribution in [1.29, 1.82) is 0 Å². The van der Waals surface area contributed by atoms with Gasteiger partial charge in [0.25, 0.3) is 0 Å². The summed E-state index contributed by atoms with van der Waals surface area (Å²) in [6.07, 6.45) is 2.81. The summed E-state index contributed by atoms with van der Waals surface area (Å²) in [5, 5.41) is 4.46. The van der Waals surface area contributed by atoms with Crippen LogP contribution in [-0.4, -0.2) is 79.2 Å². The van der Waals surface area contributed by atoms with Crippen molar-refractivity contribution in [3.05, 3.63) is 60.3 Å². The van der Waals surface area contributed by atoms with Crippen molar-refractivity contribution in [3.8, 4) is 22.7 Å². The first-order valence-electron chi connectivity index (χ1n) is 13.8. The zero-order valence-electron chi connectivity index (χ0n) is 23.1. The molecule has 1 saturated heterocycles. The van der Waals surface area contributed by atoms with E-state index < -0.39 is 5.97 Å². The maximum absolute atomic E-state index is 12.8. The number of amides is 1. The molecule has 39 heavy (non-hydrogen) atoms. The highest BCUT2D eigenvalue weighted by atomic mass is 16.5. The number of esters is 1. The number of anilines is 1. The molecule has 1 fully saturated rings. The number of hydrogen-bond acceptors (Lipinski definition) is 7. The quantitative estimate of drug-likeness (QED) is 0.315. The fraction of sp³-hybridized carbons (Fsp3) is 0.433. The molecule has 1 aliphatic rings. The minimum Gasteiger partial charge on any atom is -0.476 e. The third-order valence-electron chi connectivity index (χ3n) is 6.67. The molecule has 1 amide bonds. The van der Waals surface area contributed by atoms with Crippen LogP contribution in [-0.2, 0) is 14.3 Å². The number of aromatic nitrogens is 2. The van der Waals surface area contributed by atoms with E-state index in [1.807, 2.05) is 67.3 Å². The number of benzene rings is 2. The summed E-state index contributed by atoms with van der Waals surface area (Å²) in [6.45, 7) is 10.9. The minimum absolute atomic E-state index is 0.117. The van der Waals surface area contributed by atoms with Crippen molar-refractivity contribution in [2.24, 2.45) is 0 Å². The molecular weight excluding hydrogens is 496 g/mol. The van der Waals surface area contributed by atoms with Gasteiger partial charge in [0.05, 0.1) is 37.4 Å². The topological polar surface area (TPSA) is 86.1 Å². The zero-order chi connectivity index (χ0) is 27.6. The SMILES string of the molecule is CCCC(=O)N(CC)c1ccccc1-c1ccc(-n2ncc(C(=O)OCC)c2OCCN2CCOCC2)cc1. The fourth-order valence-electron chi connectivity index (χ4n) is 4.67. The third-order valence-corrected chi connectivity index (χ3v) is 6.67. The Morgan fingerprint density at radius 3 is 2.46 bits per heavy atom. The van der Waals surface area contributed by atoms with Gasteiger partial charge in [-0.2, -0.15) is 5.10 Å². The first-order valence-corrected chi connectivity index (χ1v) is 13.8. The van der Waals surface area contributed by atoms with Crippen LogP contribution in [0, 0.1) is 0 Å². The van der Waals surface area contributed by atoms with Gasteiger partial charge in [0.1, 0.15) is 12.2 Å². The van der Waals surface area contributed by atoms with Crippen molar-refractivity contribution >= 4 is 17.6 Å². The molecule has 9 nitrogen and oxygen atoms in total. The van der Waals surface area contributed by atoms with Crippen molar-refractivity contribution in [3.63, 3.8) is 0 Å². The van der Waals surface area contributed by atoms with Crippen LogP contribution < -0.4 is 9.64 Å². The van der Waals surface area contributed by atoms with Crippen LogP contribution in [0.25, 0.3) is 16.8 Å². The Balaban J connectivity index is 1.60. The lowest BCUT2D eigenvalue weighted by Gasteiger charge is -2.26. The lowest BCUT2D eigenvalue weighted by molar-refractivity contribution is -0.118. The second-order valence-corrected chi connectivity index (χ2v) is 9.25. The van der Waals surface area contributed by atoms with Crippen LogP contribution in [0.5, 0.6) is 5.88 Å². The molecule has 0 aliphatic carbocycles. The van der Waals surface area contributed by atoms with E-state index in [1.54, 1.807) is 11.6 Å². The molecule has 208 valence electrons. The van der Waals surface area contributed by atoms with Crippen molar-refractivity contribution < 1.29 is 23.8 Å². The molecule has 2 aromatic carbocycles. The Morgan fingerprint density at radius 2 is 1.77 bits per heavy atom. The smallest absolute Gasteiger partial charge is 0.345 e. The van der Waals surface area contributed by atoms with Crippen LogP contribution in [0.1, 0.15) is 44.0 Å². The fourth-order valence-corrected chi connectivity index (χ4v) is 4.67. The average Bonchev–Trinajstić information content (AvgIpc) is 3.39. The van der Waals surface area contributed by atoms with E-state index in [9.17, 15) is 9.59 Å². The molecule has 1 aliphatic heterocycles. The Labute approximate surface area is 230 Å². The van der Waals surface area contributed by atoms with Crippen LogP contribution in [0.3, 0.4) is 0 Å². The van der Waals surface area contributed by atoms with E-state index in [4.69, 9.17) is 14.2 Å². The highest BCUT2D eigenvalue weighted by Crippen LogP contribution is 2.33. The van der Waals surface area contributed by atoms with Crippen molar-refractivity contribution in [2.75, 3.05) is 57.5 Å². The Morgan fingerprint density at radius 1 is 1.03 bits per heavy atom. The largest absolute Gasteiger partial charge is 0.476 e. The molecule has 0 spiro atoms. The third kappa shape index (κ3) is 6.85. The molecule has 3 aromatic rings. The summed E-state index contributed by atoms with van der Waals surface area (Å²) >= 11 is 0. The molecule has 0 radical (unpaired) electrons. The molecule has 0 saturated carbocycles. The lowest BCUT2D eigenvalue weighted by Crippen LogP contribution is -2.38. The maximum Gasteiger partial charge on any atom is 0.345 e. The monoisotopic (exact) mass is 534 g/mol. The van der Waals surface area contributed by atoms with Gasteiger partial charge in [-0.25, -0.2) is 9.48 Å². The number of carbonyl (C=O) groups is 2. The summed E-state index contributed by atoms with van der Waals surface area (Å²) in [4.78, 5) is 29.5. The number of morpholine rings is 1. The van der Waals surface area contributed by atoms with E-state index in [-0.39, 0.29) is 12.5 Å². The van der Waals surface area contributed by atoms with Crippen molar-refractivity contribution in [2.45, 2.75) is 33.6 Å². The summed E-state index contributed by atoms with van der Waals surface area (Å²) < 4.78 is 18.4. The number of hydrogen-bond donors (Lipinski definition) is 0. The number of carbonyl (C=O) groups excluding carboxylic acids is 2. The van der Waals surface area contributed by atoms with Crippen LogP contribution in [0.15, 0.2) is 54.7 Å². The van der Waals surface area contributed by atoms with Crippen molar-refractivity contribution in [1.82, 2.24) is 14.7 Å². The number of nitrogens with zero attached hydrogens (tertiary/aromatic N) is 4. The van der Waals surface area contributed by atoms with Crippen LogP contribution in [0.4, 0.5) is 5.69 Å². The first kappa shape index (κ1) is 28.3. The predicted octanol–water partition coefficient (Wildman–Crippen LogP) is 4.58. The van der Waals surface area contributed by atoms with Crippen LogP contribution in [0.2, 0.25) is 0 Å². The number of ether oxygens (including phenoxy) is 3. The Kier molecular flexibility index (Phi) is 10.1. The normalized spacial score (nSPS) is 13.7. The van der Waals surface area contributed by atoms with E-state index in [1.165, 1.54) is 6.20 Å². The number of rotatable bonds is 12. The van der Waals surface area contributed by atoms with Gasteiger partial charge in [0, 0.05) is 38.2 Å². The average molecular weight is 535 g/mol. The second kappa shape index (κ2) is 13.9. The van der Waals surface area contributed by atoms with Crippen LogP contribution >= 0.6 is 0 Å². The van der Waals surface area contributed by atoms with Gasteiger partial charge in [-0.05, 0) is 44.0 Å². The van der Waals surface area contributed by atoms with E-state index >= 15 is 0 Å². The van der Waals surface area contributed by atoms with Gasteiger partial charge in [-0.15, -0.1) is 0 Å². The van der Waals surface area contributed by atoms with Gasteiger partial charge < -0.3 is 19.1 Å². The number of para-hydroxylation sites is 1. The molecule has 0 bridgehead atoms. The highest BCUT2D eigenvalue weighted by molar-refractivity contribution is 5.97. The minimum atomic E-state index is -0.466. The zero-order valence-corrected chi connectivity index (χ0v) is 23.1. The highest BCUT2D eigenvalue weighted by Gasteiger charge is 2.22. The van der Waals surface area contributed by atoms with E-state index in [0.29, 0.717) is 44.2 Å². The Bertz CT molecular complexity index is 1230. The lowest BCUT2D eigenvalue weighted by atomic mass is 10.0. The molecule has 0 unspecified atom stereocenters. The first-order chi connectivity index (χ1) is 19.1. The van der Waals surface area contributed by atoms with Gasteiger partial charge in [0.2, 0.25) is 11.8 Å². The molecule has 9 heteroatoms. The maximum atomic E-state index is 12.8.